The molecule has 2 atom stereocenters. The van der Waals surface area contributed by atoms with Crippen molar-refractivity contribution in [2.24, 2.45) is 0 Å². The highest BCUT2D eigenvalue weighted by molar-refractivity contribution is 5.30. The number of piperazine rings is 1. The van der Waals surface area contributed by atoms with Gasteiger partial charge in [0.05, 0.1) is 18.3 Å². The Balaban J connectivity index is 1.69. The van der Waals surface area contributed by atoms with E-state index >= 15 is 0 Å². The van der Waals surface area contributed by atoms with E-state index in [1.54, 1.807) is 0 Å². The molecule has 7 heteroatoms. The van der Waals surface area contributed by atoms with Crippen LogP contribution >= 0.6 is 0 Å². The third-order valence-electron chi connectivity index (χ3n) is 4.96. The van der Waals surface area contributed by atoms with Gasteiger partial charge in [-0.25, -0.2) is 0 Å². The monoisotopic (exact) mass is 330 g/mol. The van der Waals surface area contributed by atoms with Gasteiger partial charge in [-0.2, -0.15) is 4.68 Å². The van der Waals surface area contributed by atoms with Crippen molar-refractivity contribution >= 4 is 0 Å². The van der Waals surface area contributed by atoms with E-state index < -0.39 is 0 Å². The summed E-state index contributed by atoms with van der Waals surface area (Å²) in [6.07, 6.45) is 0.984. The maximum Gasteiger partial charge on any atom is 0.173 e. The molecule has 1 fully saturated rings. The quantitative estimate of drug-likeness (QED) is 0.856. The highest BCUT2D eigenvalue weighted by Crippen LogP contribution is 2.22. The summed E-state index contributed by atoms with van der Waals surface area (Å²) >= 11 is 0. The standard InChI is InChI=1S/C17H26N6O/c1-3-15(13-24)22-11-9-21(10-12-22)14(2)17-18-19-20-23(17)16-7-5-4-6-8-16/h4-8,14-15,24H,3,9-13H2,1-2H3/t14-,15+/m1/s1. The summed E-state index contributed by atoms with van der Waals surface area (Å²) in [6, 6.07) is 10.4. The summed E-state index contributed by atoms with van der Waals surface area (Å²) in [5, 5.41) is 21.8. The molecule has 130 valence electrons. The summed E-state index contributed by atoms with van der Waals surface area (Å²) < 4.78 is 1.82. The van der Waals surface area contributed by atoms with Crippen molar-refractivity contribution in [3.63, 3.8) is 0 Å². The summed E-state index contributed by atoms with van der Waals surface area (Å²) in [7, 11) is 0. The van der Waals surface area contributed by atoms with Crippen LogP contribution in [-0.2, 0) is 0 Å². The maximum atomic E-state index is 9.48. The lowest BCUT2D eigenvalue weighted by Crippen LogP contribution is -2.51. The Morgan fingerprint density at radius 1 is 1.08 bits per heavy atom. The maximum absolute atomic E-state index is 9.48. The van der Waals surface area contributed by atoms with Gasteiger partial charge in [0.25, 0.3) is 0 Å². The van der Waals surface area contributed by atoms with Gasteiger partial charge in [0.2, 0.25) is 0 Å². The van der Waals surface area contributed by atoms with Crippen LogP contribution in [0, 0.1) is 0 Å². The molecule has 0 amide bonds. The van der Waals surface area contributed by atoms with Crippen LogP contribution in [0.4, 0.5) is 0 Å². The van der Waals surface area contributed by atoms with Gasteiger partial charge in [0.15, 0.2) is 5.82 Å². The van der Waals surface area contributed by atoms with Crippen molar-refractivity contribution < 1.29 is 5.11 Å². The third kappa shape index (κ3) is 3.48. The number of tetrazole rings is 1. The summed E-state index contributed by atoms with van der Waals surface area (Å²) in [5.41, 5.74) is 0.981. The first-order chi connectivity index (χ1) is 11.7. The molecule has 1 aromatic heterocycles. The second kappa shape index (κ2) is 7.83. The minimum atomic E-state index is 0.150. The zero-order chi connectivity index (χ0) is 16.9. The number of aromatic nitrogens is 4. The number of aliphatic hydroxyl groups is 1. The fraction of sp³-hybridized carbons (Fsp3) is 0.588. The molecule has 24 heavy (non-hydrogen) atoms. The molecular formula is C17H26N6O. The van der Waals surface area contributed by atoms with E-state index in [1.807, 2.05) is 35.0 Å². The number of nitrogens with zero attached hydrogens (tertiary/aromatic N) is 6. The van der Waals surface area contributed by atoms with Crippen LogP contribution in [0.3, 0.4) is 0 Å². The summed E-state index contributed by atoms with van der Waals surface area (Å²) in [6.45, 7) is 8.37. The Morgan fingerprint density at radius 3 is 2.38 bits per heavy atom. The van der Waals surface area contributed by atoms with Crippen LogP contribution < -0.4 is 0 Å². The van der Waals surface area contributed by atoms with Crippen LogP contribution in [0.15, 0.2) is 30.3 Å². The normalized spacial score (nSPS) is 19.3. The molecule has 1 aliphatic heterocycles. The first kappa shape index (κ1) is 17.0. The Hall–Kier alpha value is -1.83. The Bertz CT molecular complexity index is 619. The number of aliphatic hydroxyl groups excluding tert-OH is 1. The third-order valence-corrected chi connectivity index (χ3v) is 4.96. The van der Waals surface area contributed by atoms with E-state index in [0.29, 0.717) is 0 Å². The predicted octanol–water partition coefficient (Wildman–Crippen LogP) is 1.11. The van der Waals surface area contributed by atoms with E-state index in [1.165, 1.54) is 0 Å². The molecule has 0 aliphatic carbocycles. The van der Waals surface area contributed by atoms with Gasteiger partial charge < -0.3 is 5.11 Å². The molecule has 0 bridgehead atoms. The van der Waals surface area contributed by atoms with E-state index in [4.69, 9.17) is 0 Å². The van der Waals surface area contributed by atoms with Crippen LogP contribution in [0.2, 0.25) is 0 Å². The minimum absolute atomic E-state index is 0.150. The van der Waals surface area contributed by atoms with Crippen LogP contribution in [0.25, 0.3) is 5.69 Å². The van der Waals surface area contributed by atoms with Crippen molar-refractivity contribution in [1.29, 1.82) is 0 Å². The second-order valence-corrected chi connectivity index (χ2v) is 6.28. The van der Waals surface area contributed by atoms with E-state index in [-0.39, 0.29) is 18.7 Å². The van der Waals surface area contributed by atoms with E-state index in [2.05, 4.69) is 39.2 Å². The van der Waals surface area contributed by atoms with Gasteiger partial charge in [-0.05, 0) is 35.9 Å². The average Bonchev–Trinajstić information content (AvgIpc) is 3.13. The first-order valence-corrected chi connectivity index (χ1v) is 8.67. The topological polar surface area (TPSA) is 70.3 Å². The number of para-hydroxylation sites is 1. The second-order valence-electron chi connectivity index (χ2n) is 6.28. The molecule has 1 aromatic carbocycles. The zero-order valence-electron chi connectivity index (χ0n) is 14.4. The van der Waals surface area contributed by atoms with Gasteiger partial charge in [0, 0.05) is 32.2 Å². The van der Waals surface area contributed by atoms with Crippen molar-refractivity contribution in [3.8, 4) is 5.69 Å². The van der Waals surface area contributed by atoms with E-state index in [0.717, 1.165) is 44.1 Å². The molecule has 1 N–H and O–H groups in total. The average molecular weight is 330 g/mol. The predicted molar refractivity (Wildman–Crippen MR) is 91.9 cm³/mol. The van der Waals surface area contributed by atoms with Crippen molar-refractivity contribution in [1.82, 2.24) is 30.0 Å². The fourth-order valence-electron chi connectivity index (χ4n) is 3.36. The molecule has 7 nitrogen and oxygen atoms in total. The molecule has 1 saturated heterocycles. The Labute approximate surface area is 142 Å². The Morgan fingerprint density at radius 2 is 1.75 bits per heavy atom. The zero-order valence-corrected chi connectivity index (χ0v) is 14.4. The van der Waals surface area contributed by atoms with Crippen molar-refractivity contribution in [2.75, 3.05) is 32.8 Å². The van der Waals surface area contributed by atoms with Gasteiger partial charge in [-0.3, -0.25) is 9.80 Å². The lowest BCUT2D eigenvalue weighted by atomic mass is 10.1. The van der Waals surface area contributed by atoms with Crippen LogP contribution in [0.5, 0.6) is 0 Å². The highest BCUT2D eigenvalue weighted by atomic mass is 16.3. The first-order valence-electron chi connectivity index (χ1n) is 8.67. The van der Waals surface area contributed by atoms with Gasteiger partial charge in [-0.1, -0.05) is 25.1 Å². The molecule has 0 saturated carbocycles. The highest BCUT2D eigenvalue weighted by Gasteiger charge is 2.28. The van der Waals surface area contributed by atoms with Crippen molar-refractivity contribution in [3.05, 3.63) is 36.2 Å². The smallest absolute Gasteiger partial charge is 0.173 e. The van der Waals surface area contributed by atoms with Gasteiger partial charge in [-0.15, -0.1) is 5.10 Å². The molecule has 3 rings (SSSR count). The SMILES string of the molecule is CC[C@@H](CO)N1CCN([C@H](C)c2nnnn2-c2ccccc2)CC1. The number of rotatable bonds is 6. The van der Waals surface area contributed by atoms with Crippen LogP contribution in [0.1, 0.15) is 32.1 Å². The fourth-order valence-corrected chi connectivity index (χ4v) is 3.36. The molecule has 1 aliphatic rings. The van der Waals surface area contributed by atoms with Gasteiger partial charge in [0.1, 0.15) is 0 Å². The minimum Gasteiger partial charge on any atom is -0.395 e. The van der Waals surface area contributed by atoms with E-state index in [9.17, 15) is 5.11 Å². The number of hydrogen-bond donors (Lipinski definition) is 1. The molecule has 0 radical (unpaired) electrons. The lowest BCUT2D eigenvalue weighted by Gasteiger charge is -2.40. The number of benzene rings is 1. The summed E-state index contributed by atoms with van der Waals surface area (Å²) in [5.74, 6) is 0.865. The lowest BCUT2D eigenvalue weighted by molar-refractivity contribution is 0.0466. The molecule has 0 unspecified atom stereocenters. The molecule has 0 spiro atoms. The van der Waals surface area contributed by atoms with Crippen LogP contribution in [-0.4, -0.2) is 73.9 Å². The molecule has 2 aromatic rings. The molecular weight excluding hydrogens is 304 g/mol. The van der Waals surface area contributed by atoms with Gasteiger partial charge >= 0.3 is 0 Å². The molecule has 2 heterocycles. The summed E-state index contributed by atoms with van der Waals surface area (Å²) in [4.78, 5) is 4.79. The largest absolute Gasteiger partial charge is 0.395 e. The van der Waals surface area contributed by atoms with Crippen molar-refractivity contribution in [2.45, 2.75) is 32.4 Å². The Kier molecular flexibility index (Phi) is 5.55. The number of hydrogen-bond acceptors (Lipinski definition) is 6.